The van der Waals surface area contributed by atoms with Gasteiger partial charge in [0, 0.05) is 12.6 Å². The van der Waals surface area contributed by atoms with Gasteiger partial charge in [-0.25, -0.2) is 4.39 Å². The van der Waals surface area contributed by atoms with Crippen LogP contribution in [0.4, 0.5) is 4.39 Å². The molecule has 4 heteroatoms. The molecular formula is C13H13BrFNS. The first-order valence-corrected chi connectivity index (χ1v) is 7.10. The van der Waals surface area contributed by atoms with Gasteiger partial charge in [0.05, 0.1) is 4.47 Å². The third-order valence-electron chi connectivity index (χ3n) is 2.64. The summed E-state index contributed by atoms with van der Waals surface area (Å²) in [6.07, 6.45) is 0. The summed E-state index contributed by atoms with van der Waals surface area (Å²) in [4.78, 5) is 0. The highest BCUT2D eigenvalue weighted by molar-refractivity contribution is 9.10. The molecule has 0 saturated carbocycles. The summed E-state index contributed by atoms with van der Waals surface area (Å²) in [6.45, 7) is 2.86. The molecule has 1 aromatic carbocycles. The Kier molecular flexibility index (Phi) is 4.31. The minimum absolute atomic E-state index is 0.223. The number of hydrogen-bond acceptors (Lipinski definition) is 2. The third-order valence-corrected chi connectivity index (χ3v) is 3.95. The Balaban J connectivity index is 1.96. The Morgan fingerprint density at radius 3 is 2.88 bits per heavy atom. The zero-order valence-electron chi connectivity index (χ0n) is 9.41. The van der Waals surface area contributed by atoms with Crippen molar-refractivity contribution < 1.29 is 4.39 Å². The van der Waals surface area contributed by atoms with E-state index in [0.717, 1.165) is 12.1 Å². The number of hydrogen-bond donors (Lipinski definition) is 1. The van der Waals surface area contributed by atoms with Gasteiger partial charge in [0.15, 0.2) is 0 Å². The van der Waals surface area contributed by atoms with Crippen molar-refractivity contribution in [1.82, 2.24) is 5.32 Å². The maximum absolute atomic E-state index is 13.1. The number of halogens is 2. The standard InChI is InChI=1S/C13H13BrFNS/c1-9(11-4-5-17-8-11)16-7-10-2-3-13(15)12(14)6-10/h2-6,8-9,16H,7H2,1H3. The van der Waals surface area contributed by atoms with Crippen molar-refractivity contribution in [2.24, 2.45) is 0 Å². The van der Waals surface area contributed by atoms with Crippen LogP contribution in [0.3, 0.4) is 0 Å². The van der Waals surface area contributed by atoms with Gasteiger partial charge in [-0.1, -0.05) is 6.07 Å². The topological polar surface area (TPSA) is 12.0 Å². The Bertz CT molecular complexity index is 484. The molecule has 1 aromatic heterocycles. The first-order chi connectivity index (χ1) is 8.16. The quantitative estimate of drug-likeness (QED) is 0.876. The van der Waals surface area contributed by atoms with Crippen LogP contribution in [-0.4, -0.2) is 0 Å². The zero-order valence-corrected chi connectivity index (χ0v) is 11.8. The van der Waals surface area contributed by atoms with Gasteiger partial charge in [0.25, 0.3) is 0 Å². The zero-order chi connectivity index (χ0) is 12.3. The lowest BCUT2D eigenvalue weighted by atomic mass is 10.1. The second kappa shape index (κ2) is 5.76. The molecule has 0 fully saturated rings. The largest absolute Gasteiger partial charge is 0.306 e. The molecule has 0 saturated heterocycles. The van der Waals surface area contributed by atoms with Crippen LogP contribution in [0.2, 0.25) is 0 Å². The second-order valence-electron chi connectivity index (χ2n) is 3.91. The predicted molar refractivity (Wildman–Crippen MR) is 73.7 cm³/mol. The number of nitrogens with one attached hydrogen (secondary N) is 1. The van der Waals surface area contributed by atoms with E-state index in [4.69, 9.17) is 0 Å². The molecule has 0 aliphatic carbocycles. The first kappa shape index (κ1) is 12.7. The molecule has 0 spiro atoms. The Labute approximate surface area is 113 Å². The van der Waals surface area contributed by atoms with Gasteiger partial charge < -0.3 is 5.32 Å². The molecule has 1 nitrogen and oxygen atoms in total. The molecule has 2 rings (SSSR count). The van der Waals surface area contributed by atoms with Crippen molar-refractivity contribution in [2.75, 3.05) is 0 Å². The fourth-order valence-electron chi connectivity index (χ4n) is 1.56. The van der Waals surface area contributed by atoms with E-state index in [1.807, 2.05) is 6.07 Å². The van der Waals surface area contributed by atoms with Crippen LogP contribution < -0.4 is 5.32 Å². The Morgan fingerprint density at radius 1 is 1.41 bits per heavy atom. The molecule has 0 aliphatic heterocycles. The highest BCUT2D eigenvalue weighted by atomic mass is 79.9. The fraction of sp³-hybridized carbons (Fsp3) is 0.231. The molecule has 0 amide bonds. The van der Waals surface area contributed by atoms with Crippen LogP contribution in [-0.2, 0) is 6.54 Å². The smallest absolute Gasteiger partial charge is 0.137 e. The van der Waals surface area contributed by atoms with Crippen LogP contribution in [0.5, 0.6) is 0 Å². The van der Waals surface area contributed by atoms with Crippen molar-refractivity contribution in [3.05, 3.63) is 56.4 Å². The summed E-state index contributed by atoms with van der Waals surface area (Å²) < 4.78 is 13.6. The maximum Gasteiger partial charge on any atom is 0.137 e. The van der Waals surface area contributed by atoms with Crippen LogP contribution in [0.15, 0.2) is 39.5 Å². The average molecular weight is 314 g/mol. The predicted octanol–water partition coefficient (Wildman–Crippen LogP) is 4.50. The maximum atomic E-state index is 13.1. The van der Waals surface area contributed by atoms with Gasteiger partial charge in [-0.15, -0.1) is 0 Å². The Hall–Kier alpha value is -0.710. The molecule has 1 atom stereocenters. The monoisotopic (exact) mass is 313 g/mol. The van der Waals surface area contributed by atoms with Gasteiger partial charge in [-0.05, 0) is 62.9 Å². The first-order valence-electron chi connectivity index (χ1n) is 5.36. The summed E-state index contributed by atoms with van der Waals surface area (Å²) in [5.41, 5.74) is 2.36. The van der Waals surface area contributed by atoms with E-state index in [9.17, 15) is 4.39 Å². The lowest BCUT2D eigenvalue weighted by Gasteiger charge is -2.12. The lowest BCUT2D eigenvalue weighted by Crippen LogP contribution is -2.17. The number of rotatable bonds is 4. The molecular weight excluding hydrogens is 301 g/mol. The fourth-order valence-corrected chi connectivity index (χ4v) is 2.74. The minimum Gasteiger partial charge on any atom is -0.306 e. The van der Waals surface area contributed by atoms with Crippen LogP contribution in [0, 0.1) is 5.82 Å². The normalized spacial score (nSPS) is 12.6. The van der Waals surface area contributed by atoms with Gasteiger partial charge in [0.1, 0.15) is 5.82 Å². The molecule has 1 N–H and O–H groups in total. The van der Waals surface area contributed by atoms with E-state index < -0.39 is 0 Å². The summed E-state index contributed by atoms with van der Waals surface area (Å²) in [5, 5.41) is 7.62. The van der Waals surface area contributed by atoms with Gasteiger partial charge in [-0.3, -0.25) is 0 Å². The van der Waals surface area contributed by atoms with E-state index in [1.54, 1.807) is 17.4 Å². The van der Waals surface area contributed by atoms with Crippen LogP contribution >= 0.6 is 27.3 Å². The van der Waals surface area contributed by atoms with Crippen LogP contribution in [0.25, 0.3) is 0 Å². The number of benzene rings is 1. The van der Waals surface area contributed by atoms with E-state index in [0.29, 0.717) is 10.5 Å². The average Bonchev–Trinajstić information content (AvgIpc) is 2.84. The van der Waals surface area contributed by atoms with Crippen molar-refractivity contribution >= 4 is 27.3 Å². The van der Waals surface area contributed by atoms with E-state index in [2.05, 4.69) is 45.0 Å². The van der Waals surface area contributed by atoms with Crippen molar-refractivity contribution in [2.45, 2.75) is 19.5 Å². The van der Waals surface area contributed by atoms with Gasteiger partial charge in [0.2, 0.25) is 0 Å². The summed E-state index contributed by atoms with van der Waals surface area (Å²) in [5.74, 6) is -0.223. The van der Waals surface area contributed by atoms with Gasteiger partial charge in [-0.2, -0.15) is 11.3 Å². The summed E-state index contributed by atoms with van der Waals surface area (Å²) in [7, 11) is 0. The molecule has 0 radical (unpaired) electrons. The van der Waals surface area contributed by atoms with E-state index in [-0.39, 0.29) is 5.82 Å². The highest BCUT2D eigenvalue weighted by Gasteiger charge is 2.06. The molecule has 17 heavy (non-hydrogen) atoms. The summed E-state index contributed by atoms with van der Waals surface area (Å²) >= 11 is 4.89. The third kappa shape index (κ3) is 3.37. The molecule has 2 aromatic rings. The molecule has 0 bridgehead atoms. The second-order valence-corrected chi connectivity index (χ2v) is 5.54. The molecule has 0 aliphatic rings. The van der Waals surface area contributed by atoms with Gasteiger partial charge >= 0.3 is 0 Å². The molecule has 1 unspecified atom stereocenters. The van der Waals surface area contributed by atoms with Crippen molar-refractivity contribution in [3.8, 4) is 0 Å². The highest BCUT2D eigenvalue weighted by Crippen LogP contribution is 2.19. The molecule has 90 valence electrons. The minimum atomic E-state index is -0.223. The van der Waals surface area contributed by atoms with E-state index >= 15 is 0 Å². The lowest BCUT2D eigenvalue weighted by molar-refractivity contribution is 0.573. The molecule has 1 heterocycles. The van der Waals surface area contributed by atoms with Crippen molar-refractivity contribution in [1.29, 1.82) is 0 Å². The van der Waals surface area contributed by atoms with Crippen molar-refractivity contribution in [3.63, 3.8) is 0 Å². The summed E-state index contributed by atoms with van der Waals surface area (Å²) in [6, 6.07) is 7.51. The van der Waals surface area contributed by atoms with E-state index in [1.165, 1.54) is 11.6 Å². The Morgan fingerprint density at radius 2 is 2.24 bits per heavy atom. The number of thiophene rings is 1. The SMILES string of the molecule is CC(NCc1ccc(F)c(Br)c1)c1ccsc1. The van der Waals surface area contributed by atoms with Crippen LogP contribution in [0.1, 0.15) is 24.1 Å².